The van der Waals surface area contributed by atoms with E-state index in [0.717, 1.165) is 17.5 Å². The number of carbonyl (C=O) groups is 1. The number of nitrogens with one attached hydrogen (secondary N) is 1. The molecule has 0 radical (unpaired) electrons. The summed E-state index contributed by atoms with van der Waals surface area (Å²) in [4.78, 5) is 12.1. The number of rotatable bonds is 3. The van der Waals surface area contributed by atoms with Gasteiger partial charge in [-0.25, -0.2) is 4.39 Å². The Hall–Kier alpha value is -2.36. The molecule has 0 bridgehead atoms. The molecule has 0 atom stereocenters. The minimum atomic E-state index is -0.536. The molecule has 0 aliphatic carbocycles. The van der Waals surface area contributed by atoms with Crippen LogP contribution in [0.3, 0.4) is 0 Å². The summed E-state index contributed by atoms with van der Waals surface area (Å²) in [5.74, 6) is -1.01. The number of carbonyl (C=O) groups excluding carboxylic acids is 1. The highest BCUT2D eigenvalue weighted by molar-refractivity contribution is 6.04. The first kappa shape index (κ1) is 14.1. The quantitative estimate of drug-likeness (QED) is 0.840. The van der Waals surface area contributed by atoms with E-state index >= 15 is 0 Å². The minimum Gasteiger partial charge on any atom is -0.398 e. The van der Waals surface area contributed by atoms with E-state index in [9.17, 15) is 9.18 Å². The summed E-state index contributed by atoms with van der Waals surface area (Å²) in [7, 11) is 0. The van der Waals surface area contributed by atoms with Crippen molar-refractivity contribution < 1.29 is 9.18 Å². The van der Waals surface area contributed by atoms with Gasteiger partial charge in [-0.1, -0.05) is 24.6 Å². The first-order valence-corrected chi connectivity index (χ1v) is 6.47. The van der Waals surface area contributed by atoms with E-state index in [1.165, 1.54) is 12.1 Å². The molecule has 0 aliphatic heterocycles. The zero-order valence-electron chi connectivity index (χ0n) is 11.5. The Bertz CT molecular complexity index is 653. The number of nitrogen functional groups attached to an aromatic ring is 1. The standard InChI is InChI=1S/C16H17FN2O/c1-3-11-5-6-12(9-15(11)18)19-16(20)13-8-10(2)4-7-14(13)17/h4-9H,3,18H2,1-2H3,(H,19,20). The van der Waals surface area contributed by atoms with Crippen LogP contribution in [0, 0.1) is 12.7 Å². The van der Waals surface area contributed by atoms with E-state index in [4.69, 9.17) is 5.73 Å². The second-order valence-electron chi connectivity index (χ2n) is 4.70. The van der Waals surface area contributed by atoms with E-state index in [2.05, 4.69) is 5.32 Å². The van der Waals surface area contributed by atoms with Crippen molar-refractivity contribution in [2.45, 2.75) is 20.3 Å². The van der Waals surface area contributed by atoms with Crippen LogP contribution in [0.15, 0.2) is 36.4 Å². The number of amides is 1. The van der Waals surface area contributed by atoms with Crippen LogP contribution in [0.5, 0.6) is 0 Å². The number of hydrogen-bond acceptors (Lipinski definition) is 2. The molecule has 1 amide bonds. The van der Waals surface area contributed by atoms with Crippen LogP contribution in [0.4, 0.5) is 15.8 Å². The first-order chi connectivity index (χ1) is 9.51. The minimum absolute atomic E-state index is 0.0307. The van der Waals surface area contributed by atoms with Crippen LogP contribution in [-0.2, 0) is 6.42 Å². The second-order valence-corrected chi connectivity index (χ2v) is 4.70. The largest absolute Gasteiger partial charge is 0.398 e. The highest BCUT2D eigenvalue weighted by Crippen LogP contribution is 2.20. The van der Waals surface area contributed by atoms with Crippen molar-refractivity contribution >= 4 is 17.3 Å². The summed E-state index contributed by atoms with van der Waals surface area (Å²) in [5.41, 5.74) is 8.94. The molecule has 0 unspecified atom stereocenters. The Morgan fingerprint density at radius 2 is 2.00 bits per heavy atom. The lowest BCUT2D eigenvalue weighted by Gasteiger charge is -2.09. The summed E-state index contributed by atoms with van der Waals surface area (Å²) in [6.07, 6.45) is 0.826. The van der Waals surface area contributed by atoms with Crippen molar-refractivity contribution in [3.8, 4) is 0 Å². The van der Waals surface area contributed by atoms with Crippen LogP contribution in [0.1, 0.15) is 28.4 Å². The van der Waals surface area contributed by atoms with E-state index in [1.807, 2.05) is 19.9 Å². The number of halogens is 1. The fraction of sp³-hybridized carbons (Fsp3) is 0.188. The molecule has 0 aromatic heterocycles. The maximum atomic E-state index is 13.6. The lowest BCUT2D eigenvalue weighted by atomic mass is 10.1. The molecule has 2 rings (SSSR count). The molecule has 104 valence electrons. The Balaban J connectivity index is 2.23. The Kier molecular flexibility index (Phi) is 4.03. The molecule has 2 aromatic rings. The third-order valence-corrected chi connectivity index (χ3v) is 3.15. The smallest absolute Gasteiger partial charge is 0.258 e. The molecular weight excluding hydrogens is 255 g/mol. The van der Waals surface area contributed by atoms with Crippen molar-refractivity contribution in [2.24, 2.45) is 0 Å². The van der Waals surface area contributed by atoms with Crippen LogP contribution < -0.4 is 11.1 Å². The number of nitrogens with two attached hydrogens (primary N) is 1. The fourth-order valence-corrected chi connectivity index (χ4v) is 2.01. The van der Waals surface area contributed by atoms with Gasteiger partial charge in [-0.15, -0.1) is 0 Å². The molecular formula is C16H17FN2O. The predicted molar refractivity (Wildman–Crippen MR) is 79.3 cm³/mol. The predicted octanol–water partition coefficient (Wildman–Crippen LogP) is 3.53. The summed E-state index contributed by atoms with van der Waals surface area (Å²) in [6.45, 7) is 3.82. The Morgan fingerprint density at radius 3 is 2.65 bits per heavy atom. The van der Waals surface area contributed by atoms with Crippen molar-refractivity contribution in [2.75, 3.05) is 11.1 Å². The molecule has 4 heteroatoms. The van der Waals surface area contributed by atoms with Gasteiger partial charge in [0.15, 0.2) is 0 Å². The summed E-state index contributed by atoms with van der Waals surface area (Å²) >= 11 is 0. The molecule has 0 saturated heterocycles. The van der Waals surface area contributed by atoms with Crippen LogP contribution in [0.25, 0.3) is 0 Å². The molecule has 2 aromatic carbocycles. The van der Waals surface area contributed by atoms with E-state index in [-0.39, 0.29) is 5.56 Å². The monoisotopic (exact) mass is 272 g/mol. The molecule has 0 fully saturated rings. The normalized spacial score (nSPS) is 10.3. The second kappa shape index (κ2) is 5.74. The maximum absolute atomic E-state index is 13.6. The van der Waals surface area contributed by atoms with Crippen molar-refractivity contribution in [1.82, 2.24) is 0 Å². The SMILES string of the molecule is CCc1ccc(NC(=O)c2cc(C)ccc2F)cc1N. The van der Waals surface area contributed by atoms with Crippen molar-refractivity contribution in [3.63, 3.8) is 0 Å². The fourth-order valence-electron chi connectivity index (χ4n) is 2.01. The maximum Gasteiger partial charge on any atom is 0.258 e. The highest BCUT2D eigenvalue weighted by Gasteiger charge is 2.12. The highest BCUT2D eigenvalue weighted by atomic mass is 19.1. The summed E-state index contributed by atoms with van der Waals surface area (Å²) < 4.78 is 13.6. The third kappa shape index (κ3) is 2.96. The van der Waals surface area contributed by atoms with Gasteiger partial charge >= 0.3 is 0 Å². The van der Waals surface area contributed by atoms with Gasteiger partial charge < -0.3 is 11.1 Å². The van der Waals surface area contributed by atoms with Crippen LogP contribution in [0.2, 0.25) is 0 Å². The van der Waals surface area contributed by atoms with Gasteiger partial charge in [0.2, 0.25) is 0 Å². The van der Waals surface area contributed by atoms with Gasteiger partial charge in [0, 0.05) is 11.4 Å². The summed E-state index contributed by atoms with van der Waals surface area (Å²) in [6, 6.07) is 9.75. The molecule has 0 spiro atoms. The number of benzene rings is 2. The third-order valence-electron chi connectivity index (χ3n) is 3.15. The van der Waals surface area contributed by atoms with E-state index in [1.54, 1.807) is 18.2 Å². The first-order valence-electron chi connectivity index (χ1n) is 6.47. The molecule has 0 aliphatic rings. The van der Waals surface area contributed by atoms with E-state index < -0.39 is 11.7 Å². The zero-order valence-corrected chi connectivity index (χ0v) is 11.5. The van der Waals surface area contributed by atoms with E-state index in [0.29, 0.717) is 11.4 Å². The average molecular weight is 272 g/mol. The number of hydrogen-bond donors (Lipinski definition) is 2. The topological polar surface area (TPSA) is 55.1 Å². The Morgan fingerprint density at radius 1 is 1.25 bits per heavy atom. The lowest BCUT2D eigenvalue weighted by Crippen LogP contribution is -2.14. The zero-order chi connectivity index (χ0) is 14.7. The summed E-state index contributed by atoms with van der Waals surface area (Å²) in [5, 5.41) is 2.66. The molecule has 0 heterocycles. The Labute approximate surface area is 117 Å². The van der Waals surface area contributed by atoms with Crippen LogP contribution >= 0.6 is 0 Å². The van der Waals surface area contributed by atoms with Crippen molar-refractivity contribution in [1.29, 1.82) is 0 Å². The van der Waals surface area contributed by atoms with Gasteiger partial charge in [0.05, 0.1) is 5.56 Å². The van der Waals surface area contributed by atoms with Gasteiger partial charge in [0.1, 0.15) is 5.82 Å². The van der Waals surface area contributed by atoms with Gasteiger partial charge in [-0.3, -0.25) is 4.79 Å². The average Bonchev–Trinajstić information content (AvgIpc) is 2.41. The molecule has 3 nitrogen and oxygen atoms in total. The van der Waals surface area contributed by atoms with Gasteiger partial charge in [0.25, 0.3) is 5.91 Å². The lowest BCUT2D eigenvalue weighted by molar-refractivity contribution is 0.102. The number of aryl methyl sites for hydroxylation is 2. The van der Waals surface area contributed by atoms with Crippen molar-refractivity contribution in [3.05, 3.63) is 58.9 Å². The number of anilines is 2. The molecule has 3 N–H and O–H groups in total. The molecule has 20 heavy (non-hydrogen) atoms. The molecule has 0 saturated carbocycles. The van der Waals surface area contributed by atoms with Gasteiger partial charge in [-0.2, -0.15) is 0 Å². The van der Waals surface area contributed by atoms with Crippen LogP contribution in [-0.4, -0.2) is 5.91 Å². The van der Waals surface area contributed by atoms with Gasteiger partial charge in [-0.05, 0) is 43.2 Å².